The topological polar surface area (TPSA) is 113 Å². The van der Waals surface area contributed by atoms with Gasteiger partial charge in [0.15, 0.2) is 5.11 Å². The van der Waals surface area contributed by atoms with Gasteiger partial charge in [-0.05, 0) is 72.9 Å². The molecule has 160 valence electrons. The Kier molecular flexibility index (Phi) is 7.64. The number of amides is 1. The van der Waals surface area contributed by atoms with Crippen LogP contribution in [-0.2, 0) is 14.8 Å². The average molecular weight is 473 g/mol. The Labute approximate surface area is 190 Å². The number of thioether (sulfide) groups is 1. The number of hydrogen-bond acceptors (Lipinski definition) is 5. The standard InChI is InChI=1S/C21H20N4O3S3/c22-31(27,28)19-12-8-16(9-13-19)23-20(26)14-30-18-10-6-17(7-11-18)25-21(29)24-15-4-2-1-3-5-15/h1-13H,14H2,(H,23,26)(H2,22,27,28)(H2,24,25,29). The lowest BCUT2D eigenvalue weighted by atomic mass is 10.3. The van der Waals surface area contributed by atoms with E-state index < -0.39 is 10.0 Å². The maximum Gasteiger partial charge on any atom is 0.238 e. The van der Waals surface area contributed by atoms with Crippen molar-refractivity contribution in [2.45, 2.75) is 9.79 Å². The zero-order chi connectivity index (χ0) is 22.3. The number of carbonyl (C=O) groups is 1. The quantitative estimate of drug-likeness (QED) is 0.305. The van der Waals surface area contributed by atoms with Crippen molar-refractivity contribution < 1.29 is 13.2 Å². The molecule has 0 saturated heterocycles. The molecule has 3 aromatic rings. The van der Waals surface area contributed by atoms with Crippen LogP contribution in [-0.4, -0.2) is 25.2 Å². The zero-order valence-electron chi connectivity index (χ0n) is 16.2. The van der Waals surface area contributed by atoms with E-state index in [2.05, 4.69) is 16.0 Å². The van der Waals surface area contributed by atoms with Gasteiger partial charge in [-0.3, -0.25) is 4.79 Å². The predicted molar refractivity (Wildman–Crippen MR) is 130 cm³/mol. The molecule has 0 atom stereocenters. The van der Waals surface area contributed by atoms with Gasteiger partial charge >= 0.3 is 0 Å². The molecule has 0 aliphatic carbocycles. The molecular weight excluding hydrogens is 452 g/mol. The van der Waals surface area contributed by atoms with Crippen LogP contribution in [0.2, 0.25) is 0 Å². The van der Waals surface area contributed by atoms with E-state index in [0.717, 1.165) is 16.3 Å². The molecule has 0 aliphatic rings. The molecule has 31 heavy (non-hydrogen) atoms. The van der Waals surface area contributed by atoms with Crippen LogP contribution in [0.1, 0.15) is 0 Å². The second-order valence-corrected chi connectivity index (χ2v) is 9.39. The summed E-state index contributed by atoms with van der Waals surface area (Å²) in [5.74, 6) is 0.00122. The Morgan fingerprint density at radius 3 is 1.90 bits per heavy atom. The fourth-order valence-electron chi connectivity index (χ4n) is 2.52. The molecule has 0 aliphatic heterocycles. The molecule has 1 amide bonds. The van der Waals surface area contributed by atoms with Gasteiger partial charge in [0.25, 0.3) is 0 Å². The molecule has 0 spiro atoms. The van der Waals surface area contributed by atoms with E-state index in [4.69, 9.17) is 17.4 Å². The van der Waals surface area contributed by atoms with Gasteiger partial charge in [-0.15, -0.1) is 11.8 Å². The van der Waals surface area contributed by atoms with Crippen molar-refractivity contribution in [3.8, 4) is 0 Å². The summed E-state index contributed by atoms with van der Waals surface area (Å²) in [4.78, 5) is 13.1. The van der Waals surface area contributed by atoms with Crippen molar-refractivity contribution in [3.05, 3.63) is 78.9 Å². The van der Waals surface area contributed by atoms with Gasteiger partial charge in [0.05, 0.1) is 10.6 Å². The summed E-state index contributed by atoms with van der Waals surface area (Å²) in [5.41, 5.74) is 2.23. The number of rotatable bonds is 7. The minimum Gasteiger partial charge on any atom is -0.332 e. The molecule has 0 radical (unpaired) electrons. The van der Waals surface area contributed by atoms with Crippen LogP contribution >= 0.6 is 24.0 Å². The Hall–Kier alpha value is -2.92. The Morgan fingerprint density at radius 2 is 1.32 bits per heavy atom. The van der Waals surface area contributed by atoms with Crippen molar-refractivity contribution in [2.24, 2.45) is 5.14 Å². The summed E-state index contributed by atoms with van der Waals surface area (Å²) in [6.07, 6.45) is 0. The highest BCUT2D eigenvalue weighted by atomic mass is 32.2. The maximum absolute atomic E-state index is 12.1. The molecule has 5 N–H and O–H groups in total. The summed E-state index contributed by atoms with van der Waals surface area (Å²) < 4.78 is 22.5. The van der Waals surface area contributed by atoms with Crippen LogP contribution in [0.25, 0.3) is 0 Å². The van der Waals surface area contributed by atoms with E-state index in [-0.39, 0.29) is 16.6 Å². The highest BCUT2D eigenvalue weighted by Crippen LogP contribution is 2.21. The van der Waals surface area contributed by atoms with Crippen molar-refractivity contribution in [3.63, 3.8) is 0 Å². The van der Waals surface area contributed by atoms with Crippen LogP contribution in [0, 0.1) is 0 Å². The summed E-state index contributed by atoms with van der Waals surface area (Å²) >= 11 is 6.69. The zero-order valence-corrected chi connectivity index (χ0v) is 18.7. The first-order chi connectivity index (χ1) is 14.8. The summed E-state index contributed by atoms with van der Waals surface area (Å²) in [7, 11) is -3.76. The highest BCUT2D eigenvalue weighted by Gasteiger charge is 2.08. The SMILES string of the molecule is NS(=O)(=O)c1ccc(NC(=O)CSc2ccc(NC(=S)Nc3ccccc3)cc2)cc1. The number of nitrogens with two attached hydrogens (primary N) is 1. The van der Waals surface area contributed by atoms with Crippen molar-refractivity contribution in [1.82, 2.24) is 0 Å². The van der Waals surface area contributed by atoms with Crippen molar-refractivity contribution >= 4 is 62.1 Å². The van der Waals surface area contributed by atoms with Gasteiger partial charge in [-0.2, -0.15) is 0 Å². The van der Waals surface area contributed by atoms with Gasteiger partial charge in [-0.1, -0.05) is 18.2 Å². The minimum atomic E-state index is -3.76. The van der Waals surface area contributed by atoms with Crippen LogP contribution in [0.5, 0.6) is 0 Å². The van der Waals surface area contributed by atoms with Crippen LogP contribution < -0.4 is 21.1 Å². The number of carbonyl (C=O) groups excluding carboxylic acids is 1. The second-order valence-electron chi connectivity index (χ2n) is 6.38. The number of anilines is 3. The van der Waals surface area contributed by atoms with Crippen molar-refractivity contribution in [1.29, 1.82) is 0 Å². The fourth-order valence-corrected chi connectivity index (χ4v) is 3.97. The van der Waals surface area contributed by atoms with Crippen LogP contribution in [0.15, 0.2) is 88.7 Å². The lowest BCUT2D eigenvalue weighted by molar-refractivity contribution is -0.113. The number of hydrogen-bond donors (Lipinski definition) is 4. The number of primary sulfonamides is 1. The third-order valence-electron chi connectivity index (χ3n) is 3.98. The fraction of sp³-hybridized carbons (Fsp3) is 0.0476. The average Bonchev–Trinajstić information content (AvgIpc) is 2.74. The minimum absolute atomic E-state index is 0.00739. The van der Waals surface area contributed by atoms with Gasteiger partial charge < -0.3 is 16.0 Å². The van der Waals surface area contributed by atoms with Gasteiger partial charge in [0.2, 0.25) is 15.9 Å². The number of nitrogens with one attached hydrogen (secondary N) is 3. The maximum atomic E-state index is 12.1. The van der Waals surface area contributed by atoms with Gasteiger partial charge in [0, 0.05) is 22.0 Å². The lowest BCUT2D eigenvalue weighted by Gasteiger charge is -2.11. The van der Waals surface area contributed by atoms with E-state index >= 15 is 0 Å². The molecule has 10 heteroatoms. The monoisotopic (exact) mass is 472 g/mol. The Balaban J connectivity index is 1.46. The molecule has 0 heterocycles. The highest BCUT2D eigenvalue weighted by molar-refractivity contribution is 8.00. The molecule has 0 aromatic heterocycles. The summed E-state index contributed by atoms with van der Waals surface area (Å²) in [6, 6.07) is 22.9. The third kappa shape index (κ3) is 7.37. The molecule has 7 nitrogen and oxygen atoms in total. The molecular formula is C21H20N4O3S3. The molecule has 0 saturated carbocycles. The van der Waals surface area contributed by atoms with E-state index in [1.165, 1.54) is 36.0 Å². The second kappa shape index (κ2) is 10.4. The molecule has 3 aromatic carbocycles. The van der Waals surface area contributed by atoms with E-state index in [1.807, 2.05) is 54.6 Å². The number of para-hydroxylation sites is 1. The largest absolute Gasteiger partial charge is 0.332 e. The number of thiocarbonyl (C=S) groups is 1. The van der Waals surface area contributed by atoms with Crippen LogP contribution in [0.3, 0.4) is 0 Å². The first-order valence-corrected chi connectivity index (χ1v) is 12.0. The molecule has 3 rings (SSSR count). The predicted octanol–water partition coefficient (Wildman–Crippen LogP) is 3.87. The third-order valence-corrected chi connectivity index (χ3v) is 6.13. The molecule has 0 unspecified atom stereocenters. The normalized spacial score (nSPS) is 10.9. The Morgan fingerprint density at radius 1 is 0.806 bits per heavy atom. The van der Waals surface area contributed by atoms with Gasteiger partial charge in [-0.25, -0.2) is 13.6 Å². The first-order valence-electron chi connectivity index (χ1n) is 9.08. The lowest BCUT2D eigenvalue weighted by Crippen LogP contribution is -2.18. The summed E-state index contributed by atoms with van der Waals surface area (Å²) in [5, 5.41) is 14.5. The number of benzene rings is 3. The first kappa shape index (κ1) is 22.8. The van der Waals surface area contributed by atoms with Crippen molar-refractivity contribution in [2.75, 3.05) is 21.7 Å². The van der Waals surface area contributed by atoms with E-state index in [0.29, 0.717) is 10.8 Å². The number of sulfonamides is 1. The molecule has 0 bridgehead atoms. The Bertz CT molecular complexity index is 1150. The van der Waals surface area contributed by atoms with Crippen LogP contribution in [0.4, 0.5) is 17.1 Å². The van der Waals surface area contributed by atoms with Gasteiger partial charge in [0.1, 0.15) is 0 Å². The summed E-state index contributed by atoms with van der Waals surface area (Å²) in [6.45, 7) is 0. The van der Waals surface area contributed by atoms with E-state index in [1.54, 1.807) is 0 Å². The molecule has 0 fully saturated rings. The van der Waals surface area contributed by atoms with E-state index in [9.17, 15) is 13.2 Å². The smallest absolute Gasteiger partial charge is 0.238 e.